The van der Waals surface area contributed by atoms with Gasteiger partial charge < -0.3 is 5.11 Å². The van der Waals surface area contributed by atoms with E-state index >= 15 is 0 Å². The van der Waals surface area contributed by atoms with Gasteiger partial charge in [0.1, 0.15) is 0 Å². The molecule has 1 aromatic carbocycles. The summed E-state index contributed by atoms with van der Waals surface area (Å²) in [4.78, 5) is 10.8. The zero-order valence-electron chi connectivity index (χ0n) is 9.18. The van der Waals surface area contributed by atoms with E-state index in [4.69, 9.17) is 5.11 Å². The Morgan fingerprint density at radius 1 is 1.31 bits per heavy atom. The van der Waals surface area contributed by atoms with E-state index in [0.29, 0.717) is 0 Å². The van der Waals surface area contributed by atoms with Crippen LogP contribution in [0.15, 0.2) is 42.0 Å². The predicted molar refractivity (Wildman–Crippen MR) is 64.2 cm³/mol. The van der Waals surface area contributed by atoms with Crippen LogP contribution in [0.5, 0.6) is 0 Å². The minimum Gasteiger partial charge on any atom is -0.481 e. The Labute approximate surface area is 94.9 Å². The Morgan fingerprint density at radius 2 is 2.06 bits per heavy atom. The van der Waals surface area contributed by atoms with Crippen molar-refractivity contribution in [3.8, 4) is 0 Å². The van der Waals surface area contributed by atoms with Gasteiger partial charge in [-0.05, 0) is 18.1 Å². The molecular formula is C14H14O2. The van der Waals surface area contributed by atoms with Crippen LogP contribution in [0.4, 0.5) is 0 Å². The molecule has 82 valence electrons. The van der Waals surface area contributed by atoms with Gasteiger partial charge in [0.05, 0.1) is 6.42 Å². The van der Waals surface area contributed by atoms with E-state index in [9.17, 15) is 4.79 Å². The van der Waals surface area contributed by atoms with Crippen molar-refractivity contribution in [2.75, 3.05) is 0 Å². The Hall–Kier alpha value is -1.83. The van der Waals surface area contributed by atoms with E-state index in [1.165, 1.54) is 0 Å². The molecule has 1 aliphatic carbocycles. The van der Waals surface area contributed by atoms with Crippen LogP contribution in [0, 0.1) is 0 Å². The third-order valence-corrected chi connectivity index (χ3v) is 2.78. The Kier molecular flexibility index (Phi) is 2.91. The zero-order valence-corrected chi connectivity index (χ0v) is 9.18. The number of fused-ring (bicyclic) bond motifs is 1. The fraction of sp³-hybridized carbons (Fsp3) is 0.214. The Balaban J connectivity index is 2.45. The van der Waals surface area contributed by atoms with Crippen molar-refractivity contribution in [2.24, 2.45) is 0 Å². The second-order valence-electron chi connectivity index (χ2n) is 4.08. The smallest absolute Gasteiger partial charge is 0.304 e. The van der Waals surface area contributed by atoms with E-state index in [-0.39, 0.29) is 12.3 Å². The highest BCUT2D eigenvalue weighted by molar-refractivity contribution is 5.70. The average molecular weight is 214 g/mol. The van der Waals surface area contributed by atoms with Gasteiger partial charge in [-0.3, -0.25) is 4.79 Å². The summed E-state index contributed by atoms with van der Waals surface area (Å²) < 4.78 is 0. The molecule has 0 heterocycles. The van der Waals surface area contributed by atoms with Gasteiger partial charge in [-0.25, -0.2) is 0 Å². The molecule has 2 nitrogen and oxygen atoms in total. The molecule has 1 N–H and O–H groups in total. The molecule has 0 fully saturated rings. The van der Waals surface area contributed by atoms with Gasteiger partial charge in [-0.1, -0.05) is 48.1 Å². The molecule has 2 heteroatoms. The van der Waals surface area contributed by atoms with Crippen LogP contribution < -0.4 is 0 Å². The Bertz CT molecular complexity index is 469. The maximum Gasteiger partial charge on any atom is 0.304 e. The summed E-state index contributed by atoms with van der Waals surface area (Å²) in [5.74, 6) is -0.783. The SMILES string of the molecule is CC1=CC(CC(=O)O)c2ccccc2C=C1. The van der Waals surface area contributed by atoms with Crippen LogP contribution >= 0.6 is 0 Å². The largest absolute Gasteiger partial charge is 0.481 e. The van der Waals surface area contributed by atoms with Crippen molar-refractivity contribution < 1.29 is 9.90 Å². The quantitative estimate of drug-likeness (QED) is 0.820. The second-order valence-corrected chi connectivity index (χ2v) is 4.08. The summed E-state index contributed by atoms with van der Waals surface area (Å²) in [5.41, 5.74) is 3.32. The molecule has 2 rings (SSSR count). The molecule has 0 spiro atoms. The van der Waals surface area contributed by atoms with Gasteiger partial charge in [0.25, 0.3) is 0 Å². The normalized spacial score (nSPS) is 18.6. The van der Waals surface area contributed by atoms with Crippen LogP contribution in [0.25, 0.3) is 6.08 Å². The molecule has 0 radical (unpaired) electrons. The molecule has 1 aromatic rings. The lowest BCUT2D eigenvalue weighted by atomic mass is 9.92. The highest BCUT2D eigenvalue weighted by atomic mass is 16.4. The predicted octanol–water partition coefficient (Wildman–Crippen LogP) is 3.22. The number of rotatable bonds is 2. The molecule has 0 saturated heterocycles. The van der Waals surface area contributed by atoms with Gasteiger partial charge >= 0.3 is 5.97 Å². The monoisotopic (exact) mass is 214 g/mol. The van der Waals surface area contributed by atoms with E-state index in [1.807, 2.05) is 49.4 Å². The zero-order chi connectivity index (χ0) is 11.5. The second kappa shape index (κ2) is 4.35. The molecule has 16 heavy (non-hydrogen) atoms. The topological polar surface area (TPSA) is 37.3 Å². The highest BCUT2D eigenvalue weighted by Crippen LogP contribution is 2.29. The van der Waals surface area contributed by atoms with Gasteiger partial charge in [0.2, 0.25) is 0 Å². The standard InChI is InChI=1S/C14H14O2/c1-10-6-7-11-4-2-3-5-13(11)12(8-10)9-14(15)16/h2-8,12H,9H2,1H3,(H,15,16). The molecule has 0 saturated carbocycles. The number of hydrogen-bond acceptors (Lipinski definition) is 1. The number of carbonyl (C=O) groups is 1. The van der Waals surface area contributed by atoms with Crippen molar-refractivity contribution in [2.45, 2.75) is 19.3 Å². The number of allylic oxidation sites excluding steroid dienone is 3. The fourth-order valence-electron chi connectivity index (χ4n) is 2.04. The van der Waals surface area contributed by atoms with Crippen molar-refractivity contribution in [1.82, 2.24) is 0 Å². The summed E-state index contributed by atoms with van der Waals surface area (Å²) >= 11 is 0. The summed E-state index contributed by atoms with van der Waals surface area (Å²) in [7, 11) is 0. The molecule has 1 unspecified atom stereocenters. The van der Waals surface area contributed by atoms with Gasteiger partial charge in [-0.15, -0.1) is 0 Å². The molecule has 1 atom stereocenters. The van der Waals surface area contributed by atoms with E-state index < -0.39 is 5.97 Å². The molecule has 0 amide bonds. The summed E-state index contributed by atoms with van der Waals surface area (Å²) in [6.45, 7) is 2.00. The average Bonchev–Trinajstić information content (AvgIpc) is 2.39. The first-order valence-electron chi connectivity index (χ1n) is 5.34. The lowest BCUT2D eigenvalue weighted by molar-refractivity contribution is -0.137. The fourth-order valence-corrected chi connectivity index (χ4v) is 2.04. The van der Waals surface area contributed by atoms with Crippen LogP contribution in [-0.4, -0.2) is 11.1 Å². The lowest BCUT2D eigenvalue weighted by Crippen LogP contribution is -2.05. The van der Waals surface area contributed by atoms with Gasteiger partial charge in [0, 0.05) is 5.92 Å². The van der Waals surface area contributed by atoms with E-state index in [1.54, 1.807) is 0 Å². The highest BCUT2D eigenvalue weighted by Gasteiger charge is 2.16. The maximum atomic E-state index is 10.8. The molecule has 0 bridgehead atoms. The first-order chi connectivity index (χ1) is 7.66. The number of carboxylic acids is 1. The molecule has 0 aromatic heterocycles. The first-order valence-corrected chi connectivity index (χ1v) is 5.34. The minimum absolute atomic E-state index is 0.0244. The Morgan fingerprint density at radius 3 is 2.81 bits per heavy atom. The number of carboxylic acid groups (broad SMARTS) is 1. The van der Waals surface area contributed by atoms with Crippen LogP contribution in [0.1, 0.15) is 30.4 Å². The summed E-state index contributed by atoms with van der Waals surface area (Å²) in [6, 6.07) is 7.95. The van der Waals surface area contributed by atoms with Crippen LogP contribution in [-0.2, 0) is 4.79 Å². The van der Waals surface area contributed by atoms with Crippen LogP contribution in [0.3, 0.4) is 0 Å². The first kappa shape index (κ1) is 10.7. The molecule has 0 aliphatic heterocycles. The van der Waals surface area contributed by atoms with Crippen molar-refractivity contribution in [3.63, 3.8) is 0 Å². The van der Waals surface area contributed by atoms with E-state index in [0.717, 1.165) is 16.7 Å². The van der Waals surface area contributed by atoms with Gasteiger partial charge in [0.15, 0.2) is 0 Å². The van der Waals surface area contributed by atoms with Gasteiger partial charge in [-0.2, -0.15) is 0 Å². The maximum absolute atomic E-state index is 10.8. The minimum atomic E-state index is -0.759. The lowest BCUT2D eigenvalue weighted by Gasteiger charge is -2.12. The number of hydrogen-bond donors (Lipinski definition) is 1. The van der Waals surface area contributed by atoms with Crippen molar-refractivity contribution in [1.29, 1.82) is 0 Å². The van der Waals surface area contributed by atoms with E-state index in [2.05, 4.69) is 0 Å². The van der Waals surface area contributed by atoms with Crippen molar-refractivity contribution in [3.05, 3.63) is 53.1 Å². The summed E-state index contributed by atoms with van der Waals surface area (Å²) in [5, 5.41) is 8.92. The number of benzene rings is 1. The number of aliphatic carboxylic acids is 1. The third-order valence-electron chi connectivity index (χ3n) is 2.78. The third kappa shape index (κ3) is 2.22. The van der Waals surface area contributed by atoms with Crippen molar-refractivity contribution >= 4 is 12.0 Å². The summed E-state index contributed by atoms with van der Waals surface area (Å²) in [6.07, 6.45) is 6.25. The molecule has 1 aliphatic rings. The molecular weight excluding hydrogens is 200 g/mol. The van der Waals surface area contributed by atoms with Crippen LogP contribution in [0.2, 0.25) is 0 Å².